The Bertz CT molecular complexity index is 972. The summed E-state index contributed by atoms with van der Waals surface area (Å²) in [5, 5.41) is 5.96. The van der Waals surface area contributed by atoms with Crippen LogP contribution in [0.4, 0.5) is 0 Å². The van der Waals surface area contributed by atoms with Crippen LogP contribution in [0, 0.1) is 0 Å². The van der Waals surface area contributed by atoms with Crippen LogP contribution in [-0.4, -0.2) is 47.4 Å². The van der Waals surface area contributed by atoms with Gasteiger partial charge in [0, 0.05) is 38.3 Å². The first-order valence-corrected chi connectivity index (χ1v) is 11.0. The molecule has 0 radical (unpaired) electrons. The zero-order valence-electron chi connectivity index (χ0n) is 18.0. The van der Waals surface area contributed by atoms with Gasteiger partial charge >= 0.3 is 0 Å². The smallest absolute Gasteiger partial charge is 0.237 e. The van der Waals surface area contributed by atoms with Crippen LogP contribution in [-0.2, 0) is 16.1 Å². The summed E-state index contributed by atoms with van der Waals surface area (Å²) in [5.74, 6) is -0.189. The van der Waals surface area contributed by atoms with Crippen LogP contribution in [0.5, 0.6) is 0 Å². The number of pyridine rings is 1. The zero-order chi connectivity index (χ0) is 22.2. The number of nitrogens with zero attached hydrogens (tertiary/aromatic N) is 2. The first-order valence-electron chi connectivity index (χ1n) is 11.0. The number of benzene rings is 2. The summed E-state index contributed by atoms with van der Waals surface area (Å²) in [4.78, 5) is 31.8. The van der Waals surface area contributed by atoms with Gasteiger partial charge in [0.05, 0.1) is 18.2 Å². The van der Waals surface area contributed by atoms with Crippen molar-refractivity contribution in [3.63, 3.8) is 0 Å². The molecule has 164 valence electrons. The lowest BCUT2D eigenvalue weighted by Crippen LogP contribution is -2.56. The second-order valence-corrected chi connectivity index (χ2v) is 7.98. The van der Waals surface area contributed by atoms with Crippen molar-refractivity contribution in [2.75, 3.05) is 19.6 Å². The van der Waals surface area contributed by atoms with Gasteiger partial charge in [0.2, 0.25) is 11.8 Å². The van der Waals surface area contributed by atoms with Crippen LogP contribution >= 0.6 is 0 Å². The highest BCUT2D eigenvalue weighted by Crippen LogP contribution is 2.24. The Balaban J connectivity index is 1.42. The second kappa shape index (κ2) is 10.7. The van der Waals surface area contributed by atoms with E-state index in [9.17, 15) is 9.59 Å². The van der Waals surface area contributed by atoms with Gasteiger partial charge < -0.3 is 10.6 Å². The van der Waals surface area contributed by atoms with Gasteiger partial charge in [-0.2, -0.15) is 0 Å². The normalized spacial score (nSPS) is 16.5. The predicted octanol–water partition coefficient (Wildman–Crippen LogP) is 2.72. The number of carbonyl (C=O) groups is 2. The quantitative estimate of drug-likeness (QED) is 0.579. The van der Waals surface area contributed by atoms with E-state index >= 15 is 0 Å². The van der Waals surface area contributed by atoms with Crippen molar-refractivity contribution in [3.05, 3.63) is 102 Å². The van der Waals surface area contributed by atoms with Gasteiger partial charge in [-0.05, 0) is 23.3 Å². The van der Waals surface area contributed by atoms with E-state index in [0.717, 1.165) is 16.8 Å². The lowest BCUT2D eigenvalue weighted by Gasteiger charge is -2.34. The van der Waals surface area contributed by atoms with Crippen molar-refractivity contribution in [2.45, 2.75) is 24.9 Å². The molecule has 0 bridgehead atoms. The summed E-state index contributed by atoms with van der Waals surface area (Å²) in [6, 6.07) is 25.6. The predicted molar refractivity (Wildman–Crippen MR) is 124 cm³/mol. The van der Waals surface area contributed by atoms with Gasteiger partial charge in [-0.3, -0.25) is 19.5 Å². The maximum Gasteiger partial charge on any atom is 0.237 e. The fourth-order valence-corrected chi connectivity index (χ4v) is 4.14. The van der Waals surface area contributed by atoms with E-state index in [0.29, 0.717) is 26.2 Å². The largest absolute Gasteiger partial charge is 0.355 e. The first-order chi connectivity index (χ1) is 15.7. The molecule has 1 aliphatic heterocycles. The molecule has 1 atom stereocenters. The van der Waals surface area contributed by atoms with Crippen molar-refractivity contribution < 1.29 is 9.59 Å². The minimum Gasteiger partial charge on any atom is -0.355 e. The molecule has 1 unspecified atom stereocenters. The Kier molecular flexibility index (Phi) is 7.25. The van der Waals surface area contributed by atoms with Gasteiger partial charge in [-0.1, -0.05) is 66.7 Å². The van der Waals surface area contributed by atoms with E-state index in [4.69, 9.17) is 0 Å². The number of amides is 2. The van der Waals surface area contributed by atoms with Gasteiger partial charge in [0.15, 0.2) is 0 Å². The van der Waals surface area contributed by atoms with E-state index in [1.54, 1.807) is 6.20 Å². The Morgan fingerprint density at radius 3 is 2.28 bits per heavy atom. The summed E-state index contributed by atoms with van der Waals surface area (Å²) in [6.07, 6.45) is 1.86. The number of rotatable bonds is 8. The molecule has 6 heteroatoms. The molecular formula is C26H28N4O2. The summed E-state index contributed by atoms with van der Waals surface area (Å²) in [5.41, 5.74) is 3.18. The highest BCUT2D eigenvalue weighted by molar-refractivity contribution is 5.88. The molecule has 1 aliphatic rings. The SMILES string of the molecule is O=C(CC1C(=O)NCCN1Cc1ccccn1)NCC(c1ccccc1)c1ccccc1. The third kappa shape index (κ3) is 5.59. The van der Waals surface area contributed by atoms with Crippen molar-refractivity contribution >= 4 is 11.8 Å². The standard InChI is InChI=1S/C26H28N4O2/c31-25(17-24-26(32)28-15-16-30(24)19-22-13-7-8-14-27-22)29-18-23(20-9-3-1-4-10-20)21-11-5-2-6-12-21/h1-14,23-24H,15-19H2,(H,28,32)(H,29,31). The Labute approximate surface area is 188 Å². The second-order valence-electron chi connectivity index (χ2n) is 7.98. The fourth-order valence-electron chi connectivity index (χ4n) is 4.14. The van der Waals surface area contributed by atoms with Crippen LogP contribution < -0.4 is 10.6 Å². The van der Waals surface area contributed by atoms with Gasteiger partial charge in [0.1, 0.15) is 0 Å². The molecule has 32 heavy (non-hydrogen) atoms. The molecule has 2 amide bonds. The maximum absolute atomic E-state index is 12.9. The van der Waals surface area contributed by atoms with E-state index in [-0.39, 0.29) is 24.2 Å². The van der Waals surface area contributed by atoms with Crippen LogP contribution in [0.25, 0.3) is 0 Å². The van der Waals surface area contributed by atoms with Crippen LogP contribution in [0.2, 0.25) is 0 Å². The molecule has 3 aromatic rings. The minimum atomic E-state index is -0.502. The van der Waals surface area contributed by atoms with Gasteiger partial charge in [-0.15, -0.1) is 0 Å². The average Bonchev–Trinajstić information content (AvgIpc) is 2.83. The fraction of sp³-hybridized carbons (Fsp3) is 0.269. The number of nitrogens with one attached hydrogen (secondary N) is 2. The van der Waals surface area contributed by atoms with E-state index in [2.05, 4.69) is 39.9 Å². The molecular weight excluding hydrogens is 400 g/mol. The van der Waals surface area contributed by atoms with Crippen molar-refractivity contribution in [1.29, 1.82) is 0 Å². The van der Waals surface area contributed by atoms with Crippen LogP contribution in [0.3, 0.4) is 0 Å². The lowest BCUT2D eigenvalue weighted by molar-refractivity contribution is -0.134. The Hall–Kier alpha value is -3.51. The lowest BCUT2D eigenvalue weighted by atomic mass is 9.91. The third-order valence-electron chi connectivity index (χ3n) is 5.82. The Morgan fingerprint density at radius 1 is 1.00 bits per heavy atom. The van der Waals surface area contributed by atoms with Gasteiger partial charge in [0.25, 0.3) is 0 Å². The highest BCUT2D eigenvalue weighted by Gasteiger charge is 2.32. The topological polar surface area (TPSA) is 74.3 Å². The van der Waals surface area contributed by atoms with Crippen LogP contribution in [0.15, 0.2) is 85.1 Å². The number of carbonyl (C=O) groups excluding carboxylic acids is 2. The summed E-state index contributed by atoms with van der Waals surface area (Å²) in [7, 11) is 0. The Morgan fingerprint density at radius 2 is 1.66 bits per heavy atom. The molecule has 2 aromatic carbocycles. The maximum atomic E-state index is 12.9. The van der Waals surface area contributed by atoms with E-state index in [1.165, 1.54) is 0 Å². The molecule has 0 saturated carbocycles. The monoisotopic (exact) mass is 428 g/mol. The van der Waals surface area contributed by atoms with E-state index in [1.807, 2.05) is 59.5 Å². The zero-order valence-corrected chi connectivity index (χ0v) is 18.0. The minimum absolute atomic E-state index is 0.0474. The van der Waals surface area contributed by atoms with Crippen molar-refractivity contribution in [2.24, 2.45) is 0 Å². The summed E-state index contributed by atoms with van der Waals surface area (Å²) >= 11 is 0. The number of hydrogen-bond donors (Lipinski definition) is 2. The number of aromatic nitrogens is 1. The average molecular weight is 429 g/mol. The summed E-state index contributed by atoms with van der Waals surface area (Å²) < 4.78 is 0. The highest BCUT2D eigenvalue weighted by atomic mass is 16.2. The van der Waals surface area contributed by atoms with E-state index < -0.39 is 6.04 Å². The third-order valence-corrected chi connectivity index (χ3v) is 5.82. The molecule has 1 saturated heterocycles. The molecule has 6 nitrogen and oxygen atoms in total. The number of hydrogen-bond acceptors (Lipinski definition) is 4. The molecule has 2 N–H and O–H groups in total. The van der Waals surface area contributed by atoms with Crippen molar-refractivity contribution in [1.82, 2.24) is 20.5 Å². The molecule has 0 spiro atoms. The molecule has 2 heterocycles. The molecule has 0 aliphatic carbocycles. The number of piperazine rings is 1. The summed E-state index contributed by atoms with van der Waals surface area (Å²) in [6.45, 7) is 2.29. The van der Waals surface area contributed by atoms with Gasteiger partial charge in [-0.25, -0.2) is 0 Å². The molecule has 1 aromatic heterocycles. The van der Waals surface area contributed by atoms with Crippen LogP contribution in [0.1, 0.15) is 29.2 Å². The molecule has 4 rings (SSSR count). The van der Waals surface area contributed by atoms with Crippen molar-refractivity contribution in [3.8, 4) is 0 Å². The first kappa shape index (κ1) is 21.7. The molecule has 1 fully saturated rings.